The fourth-order valence-corrected chi connectivity index (χ4v) is 3.35. The topological polar surface area (TPSA) is 72.5 Å². The molecule has 0 aliphatic heterocycles. The highest BCUT2D eigenvalue weighted by molar-refractivity contribution is 7.92. The zero-order valence-corrected chi connectivity index (χ0v) is 15.3. The van der Waals surface area contributed by atoms with Crippen LogP contribution in [-0.2, 0) is 25.7 Å². The summed E-state index contributed by atoms with van der Waals surface area (Å²) in [6.45, 7) is 0. The first-order valence-electron chi connectivity index (χ1n) is 7.28. The van der Waals surface area contributed by atoms with Crippen LogP contribution in [-0.4, -0.2) is 21.5 Å². The number of hydrogen-bond acceptors (Lipinski definition) is 4. The summed E-state index contributed by atoms with van der Waals surface area (Å²) in [4.78, 5) is 10.9. The maximum absolute atomic E-state index is 12.8. The molecule has 0 amide bonds. The lowest BCUT2D eigenvalue weighted by Crippen LogP contribution is -2.14. The molecule has 1 N–H and O–H groups in total. The van der Waals surface area contributed by atoms with Gasteiger partial charge in [-0.15, -0.1) is 0 Å². The van der Waals surface area contributed by atoms with Gasteiger partial charge < -0.3 is 4.74 Å². The monoisotopic (exact) mass is 419 g/mol. The van der Waals surface area contributed by atoms with Gasteiger partial charge in [-0.1, -0.05) is 23.7 Å². The Labute approximate surface area is 158 Å². The van der Waals surface area contributed by atoms with Crippen molar-refractivity contribution in [3.05, 3.63) is 64.7 Å². The van der Waals surface area contributed by atoms with Crippen LogP contribution >= 0.6 is 11.6 Å². The summed E-state index contributed by atoms with van der Waals surface area (Å²) in [6, 6.07) is 7.76. The van der Waals surface area contributed by atoms with Crippen molar-refractivity contribution in [3.63, 3.8) is 0 Å². The van der Waals surface area contributed by atoms with Gasteiger partial charge in [-0.2, -0.15) is 13.2 Å². The number of benzene rings is 2. The highest BCUT2D eigenvalue weighted by Crippen LogP contribution is 2.34. The third kappa shape index (κ3) is 5.48. The van der Waals surface area contributed by atoms with E-state index in [-0.39, 0.29) is 9.92 Å². The summed E-state index contributed by atoms with van der Waals surface area (Å²) in [6.07, 6.45) is -2.21. The molecular formula is C17H13ClF3NO4S. The molecule has 0 fully saturated rings. The van der Waals surface area contributed by atoms with Crippen LogP contribution in [0.4, 0.5) is 18.9 Å². The molecule has 2 aromatic carbocycles. The van der Waals surface area contributed by atoms with E-state index in [1.54, 1.807) is 0 Å². The Kier molecular flexibility index (Phi) is 6.17. The Hall–Kier alpha value is -2.52. The lowest BCUT2D eigenvalue weighted by molar-refractivity contribution is -0.137. The fraction of sp³-hybridized carbons (Fsp3) is 0.118. The Morgan fingerprint density at radius 1 is 1.19 bits per heavy atom. The SMILES string of the molecule is COC(=O)/C=C/c1cccc(S(=O)(=O)Nc2cc(C(F)(F)F)ccc2Cl)c1. The Bertz CT molecular complexity index is 988. The van der Waals surface area contributed by atoms with Crippen LogP contribution in [0.1, 0.15) is 11.1 Å². The van der Waals surface area contributed by atoms with E-state index in [9.17, 15) is 26.4 Å². The zero-order valence-electron chi connectivity index (χ0n) is 13.7. The van der Waals surface area contributed by atoms with Gasteiger partial charge in [0, 0.05) is 6.08 Å². The minimum absolute atomic E-state index is 0.187. The zero-order chi connectivity index (χ0) is 20.2. The first kappa shape index (κ1) is 20.8. The second-order valence-corrected chi connectivity index (χ2v) is 7.32. The lowest BCUT2D eigenvalue weighted by atomic mass is 10.2. The van der Waals surface area contributed by atoms with E-state index in [4.69, 9.17) is 11.6 Å². The third-order valence-corrected chi connectivity index (χ3v) is 5.01. The summed E-state index contributed by atoms with van der Waals surface area (Å²) in [5, 5.41) is -0.187. The minimum atomic E-state index is -4.65. The van der Waals surface area contributed by atoms with Gasteiger partial charge in [-0.25, -0.2) is 13.2 Å². The Balaban J connectivity index is 2.35. The molecule has 0 atom stereocenters. The number of alkyl halides is 3. The molecular weight excluding hydrogens is 407 g/mol. The van der Waals surface area contributed by atoms with Gasteiger partial charge >= 0.3 is 12.1 Å². The number of halogens is 4. The number of ether oxygens (including phenoxy) is 1. The summed E-state index contributed by atoms with van der Waals surface area (Å²) < 4.78 is 69.9. The molecule has 0 saturated heterocycles. The highest BCUT2D eigenvalue weighted by atomic mass is 35.5. The van der Waals surface area contributed by atoms with Crippen molar-refractivity contribution in [2.24, 2.45) is 0 Å². The molecule has 144 valence electrons. The molecule has 0 bridgehead atoms. The van der Waals surface area contributed by atoms with Gasteiger partial charge in [0.2, 0.25) is 0 Å². The van der Waals surface area contributed by atoms with E-state index in [0.29, 0.717) is 11.6 Å². The number of hydrogen-bond donors (Lipinski definition) is 1. The summed E-state index contributed by atoms with van der Waals surface area (Å²) in [5.74, 6) is -0.628. The molecule has 0 aliphatic carbocycles. The average molecular weight is 420 g/mol. The van der Waals surface area contributed by atoms with E-state index < -0.39 is 33.4 Å². The highest BCUT2D eigenvalue weighted by Gasteiger charge is 2.31. The van der Waals surface area contributed by atoms with Crippen LogP contribution < -0.4 is 4.72 Å². The van der Waals surface area contributed by atoms with Crippen LogP contribution in [0, 0.1) is 0 Å². The molecule has 10 heteroatoms. The molecule has 2 aromatic rings. The van der Waals surface area contributed by atoms with Crippen molar-refractivity contribution in [2.45, 2.75) is 11.1 Å². The molecule has 0 aliphatic rings. The first-order chi connectivity index (χ1) is 12.5. The van der Waals surface area contributed by atoms with Gasteiger partial charge in [0.25, 0.3) is 10.0 Å². The molecule has 0 aromatic heterocycles. The van der Waals surface area contributed by atoms with Crippen molar-refractivity contribution in [1.82, 2.24) is 0 Å². The van der Waals surface area contributed by atoms with Gasteiger partial charge in [0.15, 0.2) is 0 Å². The van der Waals surface area contributed by atoms with Crippen molar-refractivity contribution in [3.8, 4) is 0 Å². The maximum atomic E-state index is 12.8. The second-order valence-electron chi connectivity index (χ2n) is 5.23. The van der Waals surface area contributed by atoms with Crippen molar-refractivity contribution >= 4 is 39.4 Å². The van der Waals surface area contributed by atoms with Crippen LogP contribution in [0.2, 0.25) is 5.02 Å². The Morgan fingerprint density at radius 2 is 1.89 bits per heavy atom. The predicted octanol–water partition coefficient (Wildman–Crippen LogP) is 4.35. The largest absolute Gasteiger partial charge is 0.466 e. The molecule has 27 heavy (non-hydrogen) atoms. The van der Waals surface area contributed by atoms with E-state index >= 15 is 0 Å². The van der Waals surface area contributed by atoms with Crippen molar-refractivity contribution in [2.75, 3.05) is 11.8 Å². The normalized spacial score (nSPS) is 12.2. The standard InChI is InChI=1S/C17H13ClF3NO4S/c1-26-16(23)8-5-11-3-2-4-13(9-11)27(24,25)22-15-10-12(17(19,20)21)6-7-14(15)18/h2-10,22H,1H3/b8-5+. The molecule has 0 heterocycles. The van der Waals surface area contributed by atoms with Gasteiger partial charge in [-0.3, -0.25) is 4.72 Å². The third-order valence-electron chi connectivity index (χ3n) is 3.32. The number of methoxy groups -OCH3 is 1. The molecule has 2 rings (SSSR count). The van der Waals surface area contributed by atoms with Crippen molar-refractivity contribution in [1.29, 1.82) is 0 Å². The number of esters is 1. The van der Waals surface area contributed by atoms with E-state index in [0.717, 1.165) is 18.2 Å². The summed E-state index contributed by atoms with van der Waals surface area (Å²) in [7, 11) is -3.03. The Morgan fingerprint density at radius 3 is 2.52 bits per heavy atom. The van der Waals surface area contributed by atoms with E-state index in [2.05, 4.69) is 4.74 Å². The first-order valence-corrected chi connectivity index (χ1v) is 9.15. The maximum Gasteiger partial charge on any atom is 0.416 e. The number of carbonyl (C=O) groups is 1. The summed E-state index contributed by atoms with van der Waals surface area (Å²) in [5.41, 5.74) is -1.07. The van der Waals surface area contributed by atoms with Gasteiger partial charge in [-0.05, 0) is 42.0 Å². The average Bonchev–Trinajstić information content (AvgIpc) is 2.60. The molecule has 5 nitrogen and oxygen atoms in total. The number of nitrogens with one attached hydrogen (secondary N) is 1. The number of carbonyl (C=O) groups excluding carboxylic acids is 1. The van der Waals surface area contributed by atoms with Crippen LogP contribution in [0.3, 0.4) is 0 Å². The molecule has 0 unspecified atom stereocenters. The van der Waals surface area contributed by atoms with E-state index in [1.165, 1.54) is 37.5 Å². The van der Waals surface area contributed by atoms with Crippen LogP contribution in [0.25, 0.3) is 6.08 Å². The molecule has 0 saturated carbocycles. The van der Waals surface area contributed by atoms with Crippen LogP contribution in [0.15, 0.2) is 53.4 Å². The number of rotatable bonds is 5. The molecule has 0 spiro atoms. The summed E-state index contributed by atoms with van der Waals surface area (Å²) >= 11 is 5.81. The van der Waals surface area contributed by atoms with Gasteiger partial charge in [0.05, 0.1) is 28.3 Å². The lowest BCUT2D eigenvalue weighted by Gasteiger charge is -2.13. The van der Waals surface area contributed by atoms with Gasteiger partial charge in [0.1, 0.15) is 0 Å². The van der Waals surface area contributed by atoms with E-state index in [1.807, 2.05) is 4.72 Å². The number of sulfonamides is 1. The van der Waals surface area contributed by atoms with Crippen LogP contribution in [0.5, 0.6) is 0 Å². The van der Waals surface area contributed by atoms with Crippen molar-refractivity contribution < 1.29 is 31.1 Å². The number of anilines is 1. The quantitative estimate of drug-likeness (QED) is 0.578. The fourth-order valence-electron chi connectivity index (χ4n) is 2.00. The minimum Gasteiger partial charge on any atom is -0.466 e. The smallest absolute Gasteiger partial charge is 0.416 e. The predicted molar refractivity (Wildman–Crippen MR) is 94.8 cm³/mol. The molecule has 0 radical (unpaired) electrons. The second kappa shape index (κ2) is 8.01.